The molecular weight excluding hydrogens is 351 g/mol. The summed E-state index contributed by atoms with van der Waals surface area (Å²) in [5, 5.41) is 9.71. The molecule has 0 aliphatic carbocycles. The number of amides is 1. The molecule has 6 nitrogen and oxygen atoms in total. The number of carbonyl (C=O) groups excluding carboxylic acids is 1. The third-order valence-corrected chi connectivity index (χ3v) is 5.00. The fraction of sp³-hybridized carbons (Fsp3) is 0.550. The molecule has 1 amide bonds. The summed E-state index contributed by atoms with van der Waals surface area (Å²) in [6, 6.07) is 5.95. The second-order valence-electron chi connectivity index (χ2n) is 6.88. The van der Waals surface area contributed by atoms with Crippen molar-refractivity contribution in [3.63, 3.8) is 0 Å². The molecule has 1 aromatic rings. The molecule has 1 saturated heterocycles. The average molecular weight is 380 g/mol. The van der Waals surface area contributed by atoms with Gasteiger partial charge in [-0.3, -0.25) is 9.69 Å². The van der Waals surface area contributed by atoms with Crippen LogP contribution < -0.4 is 0 Å². The van der Waals surface area contributed by atoms with Crippen molar-refractivity contribution in [1.82, 2.24) is 9.80 Å². The predicted octanol–water partition coefficient (Wildman–Crippen LogP) is 1.55. The van der Waals surface area contributed by atoms with E-state index in [0.717, 1.165) is 0 Å². The monoisotopic (exact) mass is 380 g/mol. The molecular formula is C20H29FN2O4. The molecule has 0 radical (unpaired) electrons. The minimum absolute atomic E-state index is 0.0348. The lowest BCUT2D eigenvalue weighted by atomic mass is 9.99. The van der Waals surface area contributed by atoms with E-state index in [2.05, 4.69) is 11.5 Å². The van der Waals surface area contributed by atoms with Crippen LogP contribution in [0.4, 0.5) is 4.39 Å². The lowest BCUT2D eigenvalue weighted by Gasteiger charge is -2.43. The van der Waals surface area contributed by atoms with Gasteiger partial charge in [0.2, 0.25) is 0 Å². The van der Waals surface area contributed by atoms with E-state index in [1.165, 1.54) is 12.1 Å². The van der Waals surface area contributed by atoms with Gasteiger partial charge >= 0.3 is 0 Å². The van der Waals surface area contributed by atoms with Gasteiger partial charge in [-0.05, 0) is 19.1 Å². The maximum Gasteiger partial charge on any atom is 0.256 e. The lowest BCUT2D eigenvalue weighted by Crippen LogP contribution is -2.57. The molecule has 0 aromatic heterocycles. The second kappa shape index (κ2) is 9.94. The van der Waals surface area contributed by atoms with Gasteiger partial charge in [0.05, 0.1) is 37.0 Å². The van der Waals surface area contributed by atoms with Crippen molar-refractivity contribution in [3.8, 4) is 0 Å². The smallest absolute Gasteiger partial charge is 0.256 e. The maximum atomic E-state index is 14.1. The Morgan fingerprint density at radius 3 is 2.93 bits per heavy atom. The van der Waals surface area contributed by atoms with Crippen molar-refractivity contribution >= 4 is 5.91 Å². The summed E-state index contributed by atoms with van der Waals surface area (Å²) < 4.78 is 25.0. The average Bonchev–Trinajstić information content (AvgIpc) is 2.70. The first-order valence-corrected chi connectivity index (χ1v) is 9.09. The molecule has 1 aliphatic heterocycles. The van der Waals surface area contributed by atoms with Crippen LogP contribution in [0.2, 0.25) is 0 Å². The quantitative estimate of drug-likeness (QED) is 0.659. The zero-order chi connectivity index (χ0) is 19.9. The summed E-state index contributed by atoms with van der Waals surface area (Å²) in [4.78, 5) is 16.5. The van der Waals surface area contributed by atoms with Gasteiger partial charge in [0.1, 0.15) is 5.82 Å². The van der Waals surface area contributed by atoms with Crippen molar-refractivity contribution in [2.45, 2.75) is 18.6 Å². The molecule has 1 heterocycles. The molecule has 0 unspecified atom stereocenters. The highest BCUT2D eigenvalue weighted by atomic mass is 19.1. The summed E-state index contributed by atoms with van der Waals surface area (Å²) in [5.74, 6) is -0.935. The van der Waals surface area contributed by atoms with Crippen LogP contribution in [0.3, 0.4) is 0 Å². The number of ether oxygens (including phenoxy) is 2. The molecule has 0 saturated carbocycles. The van der Waals surface area contributed by atoms with Gasteiger partial charge < -0.3 is 19.5 Å². The SMILES string of the molecule is C=C[C@](C)(CO)N1CCO[C@H](CN(CCOC)C(=O)c2ccccc2F)C1. The largest absolute Gasteiger partial charge is 0.394 e. The summed E-state index contributed by atoms with van der Waals surface area (Å²) in [7, 11) is 1.56. The molecule has 2 atom stereocenters. The molecule has 27 heavy (non-hydrogen) atoms. The van der Waals surface area contributed by atoms with Gasteiger partial charge in [-0.2, -0.15) is 0 Å². The van der Waals surface area contributed by atoms with Gasteiger partial charge in [0, 0.05) is 33.3 Å². The van der Waals surface area contributed by atoms with Crippen LogP contribution >= 0.6 is 0 Å². The minimum Gasteiger partial charge on any atom is -0.394 e. The predicted molar refractivity (Wildman–Crippen MR) is 101 cm³/mol. The number of morpholine rings is 1. The van der Waals surface area contributed by atoms with Crippen LogP contribution in [-0.2, 0) is 9.47 Å². The third-order valence-electron chi connectivity index (χ3n) is 5.00. The summed E-state index contributed by atoms with van der Waals surface area (Å²) in [5.41, 5.74) is -0.512. The van der Waals surface area contributed by atoms with Crippen LogP contribution in [-0.4, -0.2) is 85.6 Å². The highest BCUT2D eigenvalue weighted by Gasteiger charge is 2.34. The van der Waals surface area contributed by atoms with Crippen molar-refractivity contribution < 1.29 is 23.8 Å². The number of aliphatic hydroxyl groups excluding tert-OH is 1. The zero-order valence-electron chi connectivity index (χ0n) is 16.1. The Kier molecular flexibility index (Phi) is 7.91. The van der Waals surface area contributed by atoms with Gasteiger partial charge in [-0.1, -0.05) is 18.2 Å². The lowest BCUT2D eigenvalue weighted by molar-refractivity contribution is -0.0733. The fourth-order valence-corrected chi connectivity index (χ4v) is 3.12. The van der Waals surface area contributed by atoms with Gasteiger partial charge in [-0.15, -0.1) is 6.58 Å². The molecule has 2 rings (SSSR count). The van der Waals surface area contributed by atoms with Crippen LogP contribution in [0.1, 0.15) is 17.3 Å². The highest BCUT2D eigenvalue weighted by molar-refractivity contribution is 5.94. The van der Waals surface area contributed by atoms with Crippen LogP contribution in [0.15, 0.2) is 36.9 Å². The Hall–Kier alpha value is -1.80. The molecule has 0 spiro atoms. The standard InChI is InChI=1S/C20H29FN2O4/c1-4-20(2,15-24)23-10-12-27-16(14-23)13-22(9-11-26-3)19(25)17-7-5-6-8-18(17)21/h4-8,16,24H,1,9-15H2,2-3H3/t16-,20-/m1/s1. The first-order valence-electron chi connectivity index (χ1n) is 9.09. The van der Waals surface area contributed by atoms with E-state index < -0.39 is 11.4 Å². The molecule has 1 aromatic carbocycles. The first kappa shape index (κ1) is 21.5. The molecule has 1 aliphatic rings. The topological polar surface area (TPSA) is 62.2 Å². The van der Waals surface area contributed by atoms with E-state index in [0.29, 0.717) is 39.4 Å². The fourth-order valence-electron chi connectivity index (χ4n) is 3.12. The second-order valence-corrected chi connectivity index (χ2v) is 6.88. The minimum atomic E-state index is -0.547. The summed E-state index contributed by atoms with van der Waals surface area (Å²) in [6.07, 6.45) is 1.47. The number of rotatable bonds is 9. The Labute approximate surface area is 160 Å². The highest BCUT2D eigenvalue weighted by Crippen LogP contribution is 2.21. The van der Waals surface area contributed by atoms with Crippen molar-refractivity contribution in [2.24, 2.45) is 0 Å². The van der Waals surface area contributed by atoms with Crippen molar-refractivity contribution in [1.29, 1.82) is 0 Å². The van der Waals surface area contributed by atoms with E-state index in [1.807, 2.05) is 6.92 Å². The van der Waals surface area contributed by atoms with E-state index in [4.69, 9.17) is 9.47 Å². The zero-order valence-corrected chi connectivity index (χ0v) is 16.1. The molecule has 7 heteroatoms. The Bertz CT molecular complexity index is 642. The number of hydrogen-bond donors (Lipinski definition) is 1. The van der Waals surface area contributed by atoms with Crippen LogP contribution in [0, 0.1) is 5.82 Å². The Morgan fingerprint density at radius 1 is 1.56 bits per heavy atom. The number of hydrogen-bond acceptors (Lipinski definition) is 5. The Balaban J connectivity index is 2.12. The van der Waals surface area contributed by atoms with Gasteiger partial charge in [-0.25, -0.2) is 4.39 Å². The number of benzene rings is 1. The maximum absolute atomic E-state index is 14.1. The van der Waals surface area contributed by atoms with Gasteiger partial charge in [0.15, 0.2) is 0 Å². The molecule has 1 N–H and O–H groups in total. The summed E-state index contributed by atoms with van der Waals surface area (Å²) in [6.45, 7) is 8.36. The number of carbonyl (C=O) groups is 1. The van der Waals surface area contributed by atoms with E-state index in [-0.39, 0.29) is 24.2 Å². The number of aliphatic hydroxyl groups is 1. The molecule has 150 valence electrons. The van der Waals surface area contributed by atoms with Crippen LogP contribution in [0.25, 0.3) is 0 Å². The van der Waals surface area contributed by atoms with Crippen molar-refractivity contribution in [3.05, 3.63) is 48.3 Å². The number of methoxy groups -OCH3 is 1. The number of nitrogens with zero attached hydrogens (tertiary/aromatic N) is 2. The third kappa shape index (κ3) is 5.35. The summed E-state index contributed by atoms with van der Waals surface area (Å²) >= 11 is 0. The van der Waals surface area contributed by atoms with Gasteiger partial charge in [0.25, 0.3) is 5.91 Å². The van der Waals surface area contributed by atoms with Crippen LogP contribution in [0.5, 0.6) is 0 Å². The Morgan fingerprint density at radius 2 is 2.30 bits per heavy atom. The van der Waals surface area contributed by atoms with Crippen molar-refractivity contribution in [2.75, 3.05) is 53.1 Å². The van der Waals surface area contributed by atoms with E-state index in [1.54, 1.807) is 30.2 Å². The first-order chi connectivity index (χ1) is 12.9. The molecule has 0 bridgehead atoms. The van der Waals surface area contributed by atoms with E-state index >= 15 is 0 Å². The number of halogens is 1. The molecule has 1 fully saturated rings. The normalized spacial score (nSPS) is 20.1. The van der Waals surface area contributed by atoms with E-state index in [9.17, 15) is 14.3 Å².